The van der Waals surface area contributed by atoms with Gasteiger partial charge in [-0.3, -0.25) is 4.40 Å². The average molecular weight is 177 g/mol. The average Bonchev–Trinajstić information content (AvgIpc) is 2.39. The molecular weight excluding hydrogens is 170 g/mol. The number of rotatable bonds is 1. The van der Waals surface area contributed by atoms with Gasteiger partial charge in [0.05, 0.1) is 5.69 Å². The van der Waals surface area contributed by atoms with E-state index in [0.29, 0.717) is 11.5 Å². The van der Waals surface area contributed by atoms with Crippen LogP contribution in [0.25, 0.3) is 5.78 Å². The summed E-state index contributed by atoms with van der Waals surface area (Å²) < 4.78 is 1.46. The van der Waals surface area contributed by atoms with Gasteiger partial charge in [0.1, 0.15) is 0 Å². The first-order valence-corrected chi connectivity index (χ1v) is 3.73. The van der Waals surface area contributed by atoms with E-state index >= 15 is 0 Å². The third kappa shape index (κ3) is 1.05. The molecule has 0 aliphatic rings. The Labute approximate surface area is 73.7 Å². The van der Waals surface area contributed by atoms with E-state index in [0.717, 1.165) is 0 Å². The van der Waals surface area contributed by atoms with Gasteiger partial charge in [0, 0.05) is 12.4 Å². The smallest absolute Gasteiger partial charge is 0.354 e. The Kier molecular flexibility index (Phi) is 1.51. The number of imidazole rings is 1. The van der Waals surface area contributed by atoms with E-state index < -0.39 is 5.97 Å². The van der Waals surface area contributed by atoms with Crippen LogP contribution in [-0.2, 0) is 0 Å². The van der Waals surface area contributed by atoms with Crippen LogP contribution in [0.5, 0.6) is 0 Å². The molecule has 0 bridgehead atoms. The van der Waals surface area contributed by atoms with Crippen molar-refractivity contribution in [2.45, 2.75) is 6.92 Å². The zero-order valence-corrected chi connectivity index (χ0v) is 6.93. The van der Waals surface area contributed by atoms with Crippen LogP contribution in [0, 0.1) is 6.92 Å². The molecule has 2 aromatic rings. The number of carboxylic acids is 1. The molecule has 66 valence electrons. The highest BCUT2D eigenvalue weighted by atomic mass is 16.4. The third-order valence-electron chi connectivity index (χ3n) is 1.78. The number of hydrogen-bond donors (Lipinski definition) is 1. The molecule has 1 N–H and O–H groups in total. The van der Waals surface area contributed by atoms with Gasteiger partial charge in [-0.1, -0.05) is 0 Å². The van der Waals surface area contributed by atoms with Crippen molar-refractivity contribution in [3.63, 3.8) is 0 Å². The Balaban J connectivity index is 2.86. The first kappa shape index (κ1) is 7.72. The van der Waals surface area contributed by atoms with Crippen LogP contribution in [0.3, 0.4) is 0 Å². The van der Waals surface area contributed by atoms with Crippen molar-refractivity contribution in [3.8, 4) is 0 Å². The second-order valence-corrected chi connectivity index (χ2v) is 2.64. The molecule has 0 spiro atoms. The van der Waals surface area contributed by atoms with Gasteiger partial charge in [-0.05, 0) is 13.0 Å². The Morgan fingerprint density at radius 3 is 3.08 bits per heavy atom. The minimum absolute atomic E-state index is 0.170. The summed E-state index contributed by atoms with van der Waals surface area (Å²) in [4.78, 5) is 18.7. The molecule has 0 aliphatic carbocycles. The lowest BCUT2D eigenvalue weighted by Gasteiger charge is -1.94. The fourth-order valence-electron chi connectivity index (χ4n) is 1.26. The molecule has 5 nitrogen and oxygen atoms in total. The van der Waals surface area contributed by atoms with Crippen molar-refractivity contribution in [3.05, 3.63) is 29.8 Å². The van der Waals surface area contributed by atoms with Gasteiger partial charge in [-0.15, -0.1) is 0 Å². The standard InChI is InChI=1S/C8H7N3O2/c1-5-6(7(12)13)11-4-2-3-9-8(11)10-5/h2-4H,1H3,(H,12,13). The SMILES string of the molecule is Cc1nc2ncccn2c1C(=O)O. The highest BCUT2D eigenvalue weighted by Crippen LogP contribution is 2.08. The molecule has 2 rings (SSSR count). The van der Waals surface area contributed by atoms with Crippen LogP contribution in [0.1, 0.15) is 16.2 Å². The van der Waals surface area contributed by atoms with Gasteiger partial charge in [0.15, 0.2) is 5.69 Å². The Morgan fingerprint density at radius 2 is 2.38 bits per heavy atom. The molecule has 0 saturated carbocycles. The van der Waals surface area contributed by atoms with Crippen LogP contribution in [0.4, 0.5) is 0 Å². The monoisotopic (exact) mass is 177 g/mol. The molecule has 0 aliphatic heterocycles. The van der Waals surface area contributed by atoms with E-state index in [1.807, 2.05) is 0 Å². The van der Waals surface area contributed by atoms with Crippen LogP contribution < -0.4 is 0 Å². The maximum absolute atomic E-state index is 10.8. The molecule has 0 saturated heterocycles. The van der Waals surface area contributed by atoms with E-state index in [-0.39, 0.29) is 5.69 Å². The number of fused-ring (bicyclic) bond motifs is 1. The number of aromatic nitrogens is 3. The first-order valence-electron chi connectivity index (χ1n) is 3.73. The molecule has 0 amide bonds. The summed E-state index contributed by atoms with van der Waals surface area (Å²) in [5.74, 6) is -0.574. The molecule has 0 aromatic carbocycles. The van der Waals surface area contributed by atoms with Gasteiger partial charge in [-0.2, -0.15) is 0 Å². The number of aromatic carboxylic acids is 1. The normalized spacial score (nSPS) is 10.5. The maximum atomic E-state index is 10.8. The van der Waals surface area contributed by atoms with Gasteiger partial charge in [0.25, 0.3) is 0 Å². The van der Waals surface area contributed by atoms with Crippen molar-refractivity contribution < 1.29 is 9.90 Å². The Hall–Kier alpha value is -1.91. The number of aryl methyl sites for hydroxylation is 1. The lowest BCUT2D eigenvalue weighted by atomic mass is 10.3. The van der Waals surface area contributed by atoms with Crippen LogP contribution in [0.2, 0.25) is 0 Å². The minimum atomic E-state index is -0.988. The molecule has 0 unspecified atom stereocenters. The van der Waals surface area contributed by atoms with Gasteiger partial charge in [0.2, 0.25) is 5.78 Å². The summed E-state index contributed by atoms with van der Waals surface area (Å²) in [6.07, 6.45) is 3.21. The van der Waals surface area contributed by atoms with Crippen molar-refractivity contribution in [2.75, 3.05) is 0 Å². The molecule has 13 heavy (non-hydrogen) atoms. The zero-order chi connectivity index (χ0) is 9.42. The lowest BCUT2D eigenvalue weighted by Crippen LogP contribution is -2.03. The summed E-state index contributed by atoms with van der Waals surface area (Å²) in [6, 6.07) is 1.67. The van der Waals surface area contributed by atoms with Crippen LogP contribution in [-0.4, -0.2) is 25.4 Å². The zero-order valence-electron chi connectivity index (χ0n) is 6.93. The number of hydrogen-bond acceptors (Lipinski definition) is 3. The number of carboxylic acid groups (broad SMARTS) is 1. The first-order chi connectivity index (χ1) is 6.20. The van der Waals surface area contributed by atoms with Gasteiger partial charge < -0.3 is 5.11 Å². The summed E-state index contributed by atoms with van der Waals surface area (Å²) in [7, 11) is 0. The second-order valence-electron chi connectivity index (χ2n) is 2.64. The fraction of sp³-hybridized carbons (Fsp3) is 0.125. The molecular formula is C8H7N3O2. The van der Waals surface area contributed by atoms with E-state index in [1.54, 1.807) is 25.4 Å². The van der Waals surface area contributed by atoms with Crippen molar-refractivity contribution in [1.29, 1.82) is 0 Å². The largest absolute Gasteiger partial charge is 0.477 e. The van der Waals surface area contributed by atoms with Gasteiger partial charge in [-0.25, -0.2) is 14.8 Å². The summed E-state index contributed by atoms with van der Waals surface area (Å²) in [6.45, 7) is 1.65. The Bertz CT molecular complexity index is 475. The number of nitrogens with zero attached hydrogens (tertiary/aromatic N) is 3. The quantitative estimate of drug-likeness (QED) is 0.697. The topological polar surface area (TPSA) is 67.5 Å². The highest BCUT2D eigenvalue weighted by molar-refractivity contribution is 5.87. The molecule has 0 fully saturated rings. The molecule has 0 atom stereocenters. The second kappa shape index (κ2) is 2.55. The number of carbonyl (C=O) groups is 1. The molecule has 0 radical (unpaired) electrons. The third-order valence-corrected chi connectivity index (χ3v) is 1.78. The summed E-state index contributed by atoms with van der Waals surface area (Å²) >= 11 is 0. The van der Waals surface area contributed by atoms with Crippen molar-refractivity contribution >= 4 is 11.7 Å². The van der Waals surface area contributed by atoms with Crippen molar-refractivity contribution in [2.24, 2.45) is 0 Å². The maximum Gasteiger partial charge on any atom is 0.354 e. The molecule has 5 heteroatoms. The van der Waals surface area contributed by atoms with E-state index in [1.165, 1.54) is 4.40 Å². The summed E-state index contributed by atoms with van der Waals surface area (Å²) in [5, 5.41) is 8.86. The van der Waals surface area contributed by atoms with E-state index in [4.69, 9.17) is 5.11 Å². The van der Waals surface area contributed by atoms with E-state index in [9.17, 15) is 4.79 Å². The van der Waals surface area contributed by atoms with Crippen molar-refractivity contribution in [1.82, 2.24) is 14.4 Å². The predicted octanol–water partition coefficient (Wildman–Crippen LogP) is 0.736. The summed E-state index contributed by atoms with van der Waals surface area (Å²) in [5.41, 5.74) is 0.648. The lowest BCUT2D eigenvalue weighted by molar-refractivity contribution is 0.0688. The van der Waals surface area contributed by atoms with Crippen LogP contribution in [0.15, 0.2) is 18.5 Å². The minimum Gasteiger partial charge on any atom is -0.477 e. The van der Waals surface area contributed by atoms with E-state index in [2.05, 4.69) is 9.97 Å². The molecule has 2 heterocycles. The van der Waals surface area contributed by atoms with Crippen LogP contribution >= 0.6 is 0 Å². The highest BCUT2D eigenvalue weighted by Gasteiger charge is 2.14. The Morgan fingerprint density at radius 1 is 1.62 bits per heavy atom. The predicted molar refractivity (Wildman–Crippen MR) is 44.7 cm³/mol. The van der Waals surface area contributed by atoms with Gasteiger partial charge >= 0.3 is 5.97 Å². The fourth-order valence-corrected chi connectivity index (χ4v) is 1.26. The molecule has 2 aromatic heterocycles.